The van der Waals surface area contributed by atoms with Crippen LogP contribution in [0.1, 0.15) is 18.4 Å². The molecule has 0 aromatic heterocycles. The Morgan fingerprint density at radius 2 is 1.94 bits per heavy atom. The first-order valence-electron chi connectivity index (χ1n) is 5.75. The SMILES string of the molecule is N[C@@H](CCC(=O)[O-])C(=O)OCCc1ccccc1. The van der Waals surface area contributed by atoms with Gasteiger partial charge in [-0.25, -0.2) is 0 Å². The van der Waals surface area contributed by atoms with Crippen molar-refractivity contribution in [3.05, 3.63) is 35.9 Å². The second-order valence-corrected chi connectivity index (χ2v) is 3.92. The number of carboxylic acids is 1. The highest BCUT2D eigenvalue weighted by atomic mass is 16.5. The van der Waals surface area contributed by atoms with Gasteiger partial charge in [0.25, 0.3) is 0 Å². The maximum Gasteiger partial charge on any atom is 0.322 e. The quantitative estimate of drug-likeness (QED) is 0.666. The lowest BCUT2D eigenvalue weighted by molar-refractivity contribution is -0.305. The molecule has 1 aromatic rings. The van der Waals surface area contributed by atoms with Gasteiger partial charge in [-0.05, 0) is 18.4 Å². The van der Waals surface area contributed by atoms with Gasteiger partial charge in [-0.2, -0.15) is 0 Å². The molecule has 0 unspecified atom stereocenters. The first-order chi connectivity index (χ1) is 8.59. The molecular formula is C13H16NO4-. The molecule has 1 atom stereocenters. The molecule has 2 N–H and O–H groups in total. The zero-order valence-electron chi connectivity index (χ0n) is 10.0. The second-order valence-electron chi connectivity index (χ2n) is 3.92. The molecule has 0 saturated heterocycles. The van der Waals surface area contributed by atoms with Crippen LogP contribution in [0.25, 0.3) is 0 Å². The highest BCUT2D eigenvalue weighted by Crippen LogP contribution is 2.01. The third-order valence-electron chi connectivity index (χ3n) is 2.44. The molecule has 0 aliphatic rings. The van der Waals surface area contributed by atoms with Crippen molar-refractivity contribution in [1.82, 2.24) is 0 Å². The van der Waals surface area contributed by atoms with E-state index in [1.165, 1.54) is 0 Å². The lowest BCUT2D eigenvalue weighted by Gasteiger charge is -2.11. The fourth-order valence-electron chi connectivity index (χ4n) is 1.41. The first kappa shape index (κ1) is 14.2. The molecule has 0 aliphatic carbocycles. The Bertz CT molecular complexity index is 391. The summed E-state index contributed by atoms with van der Waals surface area (Å²) >= 11 is 0. The Morgan fingerprint density at radius 3 is 2.56 bits per heavy atom. The van der Waals surface area contributed by atoms with Crippen LogP contribution in [0.3, 0.4) is 0 Å². The van der Waals surface area contributed by atoms with Gasteiger partial charge in [-0.1, -0.05) is 30.3 Å². The van der Waals surface area contributed by atoms with E-state index in [1.54, 1.807) is 0 Å². The van der Waals surface area contributed by atoms with Crippen molar-refractivity contribution >= 4 is 11.9 Å². The molecule has 0 aliphatic heterocycles. The second kappa shape index (κ2) is 7.45. The summed E-state index contributed by atoms with van der Waals surface area (Å²) in [7, 11) is 0. The Kier molecular flexibility index (Phi) is 5.87. The monoisotopic (exact) mass is 250 g/mol. The third kappa shape index (κ3) is 5.45. The van der Waals surface area contributed by atoms with Crippen LogP contribution in [0.2, 0.25) is 0 Å². The molecular weight excluding hydrogens is 234 g/mol. The average molecular weight is 250 g/mol. The number of hydrogen-bond donors (Lipinski definition) is 1. The van der Waals surface area contributed by atoms with Gasteiger partial charge in [0.05, 0.1) is 6.61 Å². The van der Waals surface area contributed by atoms with Gasteiger partial charge in [-0.15, -0.1) is 0 Å². The van der Waals surface area contributed by atoms with Crippen LogP contribution < -0.4 is 10.8 Å². The number of ether oxygens (including phenoxy) is 1. The zero-order chi connectivity index (χ0) is 13.4. The normalized spacial score (nSPS) is 11.8. The number of nitrogens with two attached hydrogens (primary N) is 1. The fraction of sp³-hybridized carbons (Fsp3) is 0.385. The molecule has 0 bridgehead atoms. The van der Waals surface area contributed by atoms with Crippen molar-refractivity contribution in [3.8, 4) is 0 Å². The van der Waals surface area contributed by atoms with E-state index >= 15 is 0 Å². The van der Waals surface area contributed by atoms with Crippen LogP contribution in [0.5, 0.6) is 0 Å². The van der Waals surface area contributed by atoms with Crippen LogP contribution in [0.4, 0.5) is 0 Å². The van der Waals surface area contributed by atoms with Crippen molar-refractivity contribution in [2.24, 2.45) is 5.73 Å². The first-order valence-corrected chi connectivity index (χ1v) is 5.75. The summed E-state index contributed by atoms with van der Waals surface area (Å²) in [5, 5.41) is 10.2. The standard InChI is InChI=1S/C13H17NO4/c14-11(6-7-12(15)16)13(17)18-9-8-10-4-2-1-3-5-10/h1-5,11H,6-9,14H2,(H,15,16)/p-1/t11-/m0/s1. The maximum atomic E-state index is 11.4. The Labute approximate surface area is 106 Å². The minimum absolute atomic E-state index is 0.0342. The van der Waals surface area contributed by atoms with Crippen molar-refractivity contribution in [2.45, 2.75) is 25.3 Å². The van der Waals surface area contributed by atoms with Crippen LogP contribution in [-0.2, 0) is 20.7 Å². The van der Waals surface area contributed by atoms with Crippen LogP contribution in [-0.4, -0.2) is 24.6 Å². The van der Waals surface area contributed by atoms with Crippen LogP contribution in [0.15, 0.2) is 30.3 Å². The van der Waals surface area contributed by atoms with Crippen molar-refractivity contribution < 1.29 is 19.4 Å². The lowest BCUT2D eigenvalue weighted by Crippen LogP contribution is -2.35. The average Bonchev–Trinajstić information content (AvgIpc) is 2.37. The Balaban J connectivity index is 2.22. The van der Waals surface area contributed by atoms with E-state index in [4.69, 9.17) is 10.5 Å². The number of benzene rings is 1. The van der Waals surface area contributed by atoms with Gasteiger partial charge in [-0.3, -0.25) is 4.79 Å². The predicted octanol–water partition coefficient (Wildman–Crippen LogP) is -0.370. The minimum Gasteiger partial charge on any atom is -0.550 e. The van der Waals surface area contributed by atoms with E-state index in [1.807, 2.05) is 30.3 Å². The molecule has 0 heterocycles. The molecule has 0 spiro atoms. The molecule has 98 valence electrons. The van der Waals surface area contributed by atoms with Crippen LogP contribution >= 0.6 is 0 Å². The van der Waals surface area contributed by atoms with Gasteiger partial charge >= 0.3 is 5.97 Å². The van der Waals surface area contributed by atoms with E-state index < -0.39 is 18.0 Å². The highest BCUT2D eigenvalue weighted by Gasteiger charge is 2.14. The van der Waals surface area contributed by atoms with Crippen molar-refractivity contribution in [1.29, 1.82) is 0 Å². The number of carboxylic acid groups (broad SMARTS) is 1. The van der Waals surface area contributed by atoms with Gasteiger partial charge in [0.2, 0.25) is 0 Å². The van der Waals surface area contributed by atoms with Crippen molar-refractivity contribution in [3.63, 3.8) is 0 Å². The molecule has 5 heteroatoms. The Morgan fingerprint density at radius 1 is 1.28 bits per heavy atom. The molecule has 0 amide bonds. The number of carbonyl (C=O) groups excluding carboxylic acids is 2. The van der Waals surface area contributed by atoms with E-state index in [0.29, 0.717) is 6.42 Å². The third-order valence-corrected chi connectivity index (χ3v) is 2.44. The molecule has 1 rings (SSSR count). The topological polar surface area (TPSA) is 92.5 Å². The largest absolute Gasteiger partial charge is 0.550 e. The number of rotatable bonds is 7. The molecule has 0 radical (unpaired) electrons. The number of aliphatic carboxylic acids is 1. The highest BCUT2D eigenvalue weighted by molar-refractivity contribution is 5.76. The summed E-state index contributed by atoms with van der Waals surface area (Å²) in [6.07, 6.45) is 0.404. The number of esters is 1. The lowest BCUT2D eigenvalue weighted by atomic mass is 10.1. The van der Waals surface area contributed by atoms with E-state index in [-0.39, 0.29) is 19.4 Å². The smallest absolute Gasteiger partial charge is 0.322 e. The van der Waals surface area contributed by atoms with Gasteiger partial charge in [0, 0.05) is 12.4 Å². The molecule has 0 fully saturated rings. The molecule has 5 nitrogen and oxygen atoms in total. The Hall–Kier alpha value is -1.88. The van der Waals surface area contributed by atoms with Gasteiger partial charge in [0.15, 0.2) is 0 Å². The summed E-state index contributed by atoms with van der Waals surface area (Å²) < 4.78 is 4.96. The number of carbonyl (C=O) groups is 2. The zero-order valence-corrected chi connectivity index (χ0v) is 10.0. The predicted molar refractivity (Wildman–Crippen MR) is 63.3 cm³/mol. The van der Waals surface area contributed by atoms with E-state index in [9.17, 15) is 14.7 Å². The van der Waals surface area contributed by atoms with E-state index in [0.717, 1.165) is 5.56 Å². The summed E-state index contributed by atoms with van der Waals surface area (Å²) in [5.41, 5.74) is 6.54. The molecule has 1 aromatic carbocycles. The minimum atomic E-state index is -1.22. The molecule has 18 heavy (non-hydrogen) atoms. The summed E-state index contributed by atoms with van der Waals surface area (Å²) in [6, 6.07) is 8.68. The van der Waals surface area contributed by atoms with Crippen molar-refractivity contribution in [2.75, 3.05) is 6.61 Å². The molecule has 0 saturated carbocycles. The van der Waals surface area contributed by atoms with Gasteiger partial charge in [0.1, 0.15) is 6.04 Å². The summed E-state index contributed by atoms with van der Waals surface area (Å²) in [4.78, 5) is 21.6. The maximum absolute atomic E-state index is 11.4. The van der Waals surface area contributed by atoms with Crippen LogP contribution in [0, 0.1) is 0 Å². The summed E-state index contributed by atoms with van der Waals surface area (Å²) in [6.45, 7) is 0.238. The number of hydrogen-bond acceptors (Lipinski definition) is 5. The van der Waals surface area contributed by atoms with Gasteiger partial charge < -0.3 is 20.4 Å². The fourth-order valence-corrected chi connectivity index (χ4v) is 1.41. The summed E-state index contributed by atoms with van der Waals surface area (Å²) in [5.74, 6) is -1.80. The van der Waals surface area contributed by atoms with E-state index in [2.05, 4.69) is 0 Å².